The Bertz CT molecular complexity index is 817. The Labute approximate surface area is 190 Å². The molecule has 7 heteroatoms. The Kier molecular flexibility index (Phi) is 6.70. The summed E-state index contributed by atoms with van der Waals surface area (Å²) in [5, 5.41) is 18.8. The molecule has 31 heavy (non-hydrogen) atoms. The van der Waals surface area contributed by atoms with Crippen LogP contribution < -0.4 is 26.6 Å². The summed E-state index contributed by atoms with van der Waals surface area (Å²) in [6.07, 6.45) is 13.6. The first kappa shape index (κ1) is 21.5. The molecule has 4 atom stereocenters. The van der Waals surface area contributed by atoms with E-state index in [-0.39, 0.29) is 24.2 Å². The lowest BCUT2D eigenvalue weighted by molar-refractivity contribution is 0.289. The Morgan fingerprint density at radius 2 is 2.00 bits per heavy atom. The van der Waals surface area contributed by atoms with Crippen LogP contribution in [-0.2, 0) is 0 Å². The lowest BCUT2D eigenvalue weighted by atomic mass is 9.78. The van der Waals surface area contributed by atoms with E-state index in [2.05, 4.69) is 38.9 Å². The van der Waals surface area contributed by atoms with Crippen molar-refractivity contribution in [1.82, 2.24) is 26.6 Å². The van der Waals surface area contributed by atoms with Crippen molar-refractivity contribution < 1.29 is 4.39 Å². The predicted octanol–water partition coefficient (Wildman–Crippen LogP) is 3.63. The second-order valence-corrected chi connectivity index (χ2v) is 10.0. The molecular weight excluding hydrogens is 413 g/mol. The zero-order valence-electron chi connectivity index (χ0n) is 18.2. The van der Waals surface area contributed by atoms with Crippen molar-refractivity contribution in [3.8, 4) is 0 Å². The molecule has 0 unspecified atom stereocenters. The summed E-state index contributed by atoms with van der Waals surface area (Å²) < 4.78 is 13.8. The molecule has 3 aliphatic heterocycles. The quantitative estimate of drug-likeness (QED) is 0.426. The van der Waals surface area contributed by atoms with Gasteiger partial charge >= 0.3 is 0 Å². The van der Waals surface area contributed by atoms with Gasteiger partial charge in [-0.2, -0.15) is 0 Å². The molecule has 3 heterocycles. The van der Waals surface area contributed by atoms with Crippen molar-refractivity contribution in [3.05, 3.63) is 45.6 Å². The molecule has 2 aliphatic carbocycles. The molecular formula is C24H35ClFN5. The van der Waals surface area contributed by atoms with E-state index in [0.717, 1.165) is 45.3 Å². The van der Waals surface area contributed by atoms with Crippen LogP contribution in [0.2, 0.25) is 0 Å². The molecule has 0 aromatic carbocycles. The van der Waals surface area contributed by atoms with Gasteiger partial charge in [-0.3, -0.25) is 10.6 Å². The summed E-state index contributed by atoms with van der Waals surface area (Å²) >= 11 is 6.18. The molecule has 0 radical (unpaired) electrons. The van der Waals surface area contributed by atoms with Crippen molar-refractivity contribution in [1.29, 1.82) is 0 Å². The summed E-state index contributed by atoms with van der Waals surface area (Å²) in [6.45, 7) is 3.06. The second-order valence-electron chi connectivity index (χ2n) is 9.56. The standard InChI is InChI=1S/C24H35ClFN5/c25-20-12-18(6-7-21(20)26)29-24-19-11-15(16-3-1-9-27-13-16)5-8-22(19)30-23(31-24)17-4-2-10-28-14-17/h4,13,15,18,23-24,27-31H,1-3,5-12,14H2/t15-,18+,23+,24+/m1/s1. The monoisotopic (exact) mass is 447 g/mol. The van der Waals surface area contributed by atoms with Crippen LogP contribution in [0.3, 0.4) is 0 Å². The first-order valence-electron chi connectivity index (χ1n) is 12.0. The summed E-state index contributed by atoms with van der Waals surface area (Å²) in [6, 6.07) is 0.200. The van der Waals surface area contributed by atoms with E-state index in [1.807, 2.05) is 0 Å². The highest BCUT2D eigenvalue weighted by Crippen LogP contribution is 2.38. The highest BCUT2D eigenvalue weighted by molar-refractivity contribution is 6.29. The van der Waals surface area contributed by atoms with Gasteiger partial charge < -0.3 is 16.0 Å². The third-order valence-corrected chi connectivity index (χ3v) is 7.82. The third-order valence-electron chi connectivity index (χ3n) is 7.46. The highest BCUT2D eigenvalue weighted by atomic mass is 35.5. The fraction of sp³-hybridized carbons (Fsp3) is 0.667. The van der Waals surface area contributed by atoms with E-state index in [1.165, 1.54) is 36.1 Å². The number of rotatable bonds is 4. The van der Waals surface area contributed by atoms with Crippen LogP contribution in [0.15, 0.2) is 45.6 Å². The van der Waals surface area contributed by atoms with Crippen LogP contribution in [0.5, 0.6) is 0 Å². The van der Waals surface area contributed by atoms with Gasteiger partial charge in [-0.05, 0) is 74.8 Å². The van der Waals surface area contributed by atoms with Crippen molar-refractivity contribution >= 4 is 11.6 Å². The van der Waals surface area contributed by atoms with Gasteiger partial charge in [-0.15, -0.1) is 0 Å². The fourth-order valence-electron chi connectivity index (χ4n) is 5.69. The molecule has 0 amide bonds. The summed E-state index contributed by atoms with van der Waals surface area (Å²) in [4.78, 5) is 0. The van der Waals surface area contributed by atoms with Gasteiger partial charge in [-0.1, -0.05) is 23.3 Å². The zero-order valence-corrected chi connectivity index (χ0v) is 19.0. The van der Waals surface area contributed by atoms with Crippen LogP contribution >= 0.6 is 11.6 Å². The maximum Gasteiger partial charge on any atom is 0.114 e. The predicted molar refractivity (Wildman–Crippen MR) is 124 cm³/mol. The molecule has 0 fully saturated rings. The van der Waals surface area contributed by atoms with Gasteiger partial charge in [0.2, 0.25) is 0 Å². The average molecular weight is 448 g/mol. The van der Waals surface area contributed by atoms with Crippen LogP contribution in [0.4, 0.5) is 4.39 Å². The van der Waals surface area contributed by atoms with Gasteiger partial charge in [0.05, 0.1) is 11.2 Å². The lowest BCUT2D eigenvalue weighted by Gasteiger charge is -2.44. The number of allylic oxidation sites excluding steroid dienone is 3. The van der Waals surface area contributed by atoms with E-state index >= 15 is 0 Å². The molecule has 0 bridgehead atoms. The maximum absolute atomic E-state index is 13.8. The smallest absolute Gasteiger partial charge is 0.114 e. The second kappa shape index (κ2) is 9.65. The SMILES string of the molecule is FC1=C(Cl)C[C@@H](N[C@H]2N[C@@H](C3=CCCNC3)NC3=C2C[C@H](C2=CNCCC2)CC3)CC1. The summed E-state index contributed by atoms with van der Waals surface area (Å²) in [7, 11) is 0. The largest absolute Gasteiger partial charge is 0.391 e. The van der Waals surface area contributed by atoms with Gasteiger partial charge in [0, 0.05) is 37.7 Å². The number of nitrogens with one attached hydrogen (secondary N) is 5. The van der Waals surface area contributed by atoms with Gasteiger partial charge in [0.15, 0.2) is 0 Å². The van der Waals surface area contributed by atoms with Crippen LogP contribution in [0, 0.1) is 5.92 Å². The Hall–Kier alpha value is -1.34. The Morgan fingerprint density at radius 3 is 2.77 bits per heavy atom. The minimum atomic E-state index is -0.135. The summed E-state index contributed by atoms with van der Waals surface area (Å²) in [5.41, 5.74) is 5.81. The van der Waals surface area contributed by atoms with Crippen molar-refractivity contribution in [2.45, 2.75) is 76.2 Å². The van der Waals surface area contributed by atoms with E-state index in [4.69, 9.17) is 11.6 Å². The van der Waals surface area contributed by atoms with Crippen LogP contribution in [0.1, 0.15) is 57.8 Å². The van der Waals surface area contributed by atoms with Gasteiger partial charge in [0.25, 0.3) is 0 Å². The van der Waals surface area contributed by atoms with Crippen molar-refractivity contribution in [2.75, 3.05) is 19.6 Å². The maximum atomic E-state index is 13.8. The molecule has 0 aromatic heterocycles. The minimum Gasteiger partial charge on any atom is -0.391 e. The first-order valence-corrected chi connectivity index (χ1v) is 12.4. The molecule has 0 aromatic rings. The molecule has 5 aliphatic rings. The first-order chi connectivity index (χ1) is 15.2. The molecule has 0 spiro atoms. The molecule has 0 saturated heterocycles. The molecule has 5 nitrogen and oxygen atoms in total. The van der Waals surface area contributed by atoms with E-state index in [9.17, 15) is 4.39 Å². The fourth-order valence-corrected chi connectivity index (χ4v) is 5.98. The average Bonchev–Trinajstić information content (AvgIpc) is 2.82. The lowest BCUT2D eigenvalue weighted by Crippen LogP contribution is -2.62. The highest BCUT2D eigenvalue weighted by Gasteiger charge is 2.36. The van der Waals surface area contributed by atoms with Gasteiger partial charge in [0.1, 0.15) is 12.0 Å². The molecule has 0 saturated carbocycles. The topological polar surface area (TPSA) is 60.1 Å². The number of halogens is 2. The minimum absolute atomic E-state index is 0.0969. The van der Waals surface area contributed by atoms with Gasteiger partial charge in [-0.25, -0.2) is 4.39 Å². The van der Waals surface area contributed by atoms with Crippen LogP contribution in [0.25, 0.3) is 0 Å². The normalized spacial score (nSPS) is 34.4. The molecule has 170 valence electrons. The molecule has 5 rings (SSSR count). The van der Waals surface area contributed by atoms with E-state index in [1.54, 1.807) is 5.57 Å². The zero-order chi connectivity index (χ0) is 21.2. The van der Waals surface area contributed by atoms with Crippen molar-refractivity contribution in [3.63, 3.8) is 0 Å². The summed E-state index contributed by atoms with van der Waals surface area (Å²) in [5.74, 6) is 0.475. The Morgan fingerprint density at radius 1 is 1.06 bits per heavy atom. The van der Waals surface area contributed by atoms with Crippen LogP contribution in [-0.4, -0.2) is 38.0 Å². The number of hydrogen-bond donors (Lipinski definition) is 5. The third kappa shape index (κ3) is 4.87. The van der Waals surface area contributed by atoms with E-state index < -0.39 is 0 Å². The van der Waals surface area contributed by atoms with Crippen molar-refractivity contribution in [2.24, 2.45) is 5.92 Å². The number of hydrogen-bond acceptors (Lipinski definition) is 5. The van der Waals surface area contributed by atoms with E-state index in [0.29, 0.717) is 23.8 Å². The molecule has 5 N–H and O–H groups in total. The Balaban J connectivity index is 1.36.